The van der Waals surface area contributed by atoms with Crippen molar-refractivity contribution < 1.29 is 45.6 Å². The number of rotatable bonds is 3. The average Bonchev–Trinajstić information content (AvgIpc) is 2.17. The molecule has 0 spiro atoms. The Bertz CT molecular complexity index is 260. The summed E-state index contributed by atoms with van der Waals surface area (Å²) < 4.78 is 4.50. The standard InChI is InChI=1S/C6H5Cl.C4H8O3.Na.H/c7-6-4-2-1-3-5-6;1-2-7-3-4(5)6;;/h1-5H;2-3H2,1H3,(H,5,6);;/q;;+1;-1. The van der Waals surface area contributed by atoms with Crippen LogP contribution in [0, 0.1) is 0 Å². The van der Waals surface area contributed by atoms with Gasteiger partial charge in [0.15, 0.2) is 0 Å². The molecule has 0 atom stereocenters. The summed E-state index contributed by atoms with van der Waals surface area (Å²) in [5, 5.41) is 8.71. The summed E-state index contributed by atoms with van der Waals surface area (Å²) in [6, 6.07) is 9.44. The molecule has 0 aliphatic carbocycles. The summed E-state index contributed by atoms with van der Waals surface area (Å²) in [6.45, 7) is 2.03. The number of carbonyl (C=O) groups is 1. The van der Waals surface area contributed by atoms with Crippen molar-refractivity contribution in [3.8, 4) is 0 Å². The molecule has 0 saturated heterocycles. The molecule has 0 aliphatic rings. The molecule has 1 aromatic carbocycles. The van der Waals surface area contributed by atoms with E-state index in [4.69, 9.17) is 16.7 Å². The number of aliphatic carboxylic acids is 1. The van der Waals surface area contributed by atoms with Crippen molar-refractivity contribution in [2.24, 2.45) is 0 Å². The van der Waals surface area contributed by atoms with E-state index >= 15 is 0 Å². The third-order valence-corrected chi connectivity index (χ3v) is 1.41. The first-order valence-electron chi connectivity index (χ1n) is 4.17. The van der Waals surface area contributed by atoms with Crippen molar-refractivity contribution in [2.75, 3.05) is 13.2 Å². The molecule has 1 N–H and O–H groups in total. The van der Waals surface area contributed by atoms with Gasteiger partial charge in [-0.05, 0) is 19.1 Å². The number of carboxylic acid groups (broad SMARTS) is 1. The first-order valence-corrected chi connectivity index (χ1v) is 4.54. The molecule has 5 heteroatoms. The van der Waals surface area contributed by atoms with Crippen LogP contribution in [-0.4, -0.2) is 24.3 Å². The van der Waals surface area contributed by atoms with Gasteiger partial charge < -0.3 is 11.3 Å². The van der Waals surface area contributed by atoms with Gasteiger partial charge in [0.2, 0.25) is 0 Å². The van der Waals surface area contributed by atoms with Gasteiger partial charge in [-0.25, -0.2) is 4.79 Å². The largest absolute Gasteiger partial charge is 1.00 e. The second-order valence-electron chi connectivity index (χ2n) is 2.33. The molecule has 0 aromatic heterocycles. The van der Waals surface area contributed by atoms with E-state index in [2.05, 4.69) is 4.74 Å². The fourth-order valence-electron chi connectivity index (χ4n) is 0.604. The number of hydrogen-bond donors (Lipinski definition) is 1. The summed E-state index contributed by atoms with van der Waals surface area (Å²) in [6.07, 6.45) is 0. The zero-order chi connectivity index (χ0) is 10.8. The van der Waals surface area contributed by atoms with Crippen LogP contribution in [0.5, 0.6) is 0 Å². The number of hydrogen-bond acceptors (Lipinski definition) is 2. The van der Waals surface area contributed by atoms with E-state index in [1.54, 1.807) is 6.92 Å². The topological polar surface area (TPSA) is 46.5 Å². The van der Waals surface area contributed by atoms with Crippen molar-refractivity contribution in [3.05, 3.63) is 35.4 Å². The van der Waals surface area contributed by atoms with Crippen molar-refractivity contribution in [3.63, 3.8) is 0 Å². The van der Waals surface area contributed by atoms with Crippen LogP contribution in [0.1, 0.15) is 8.35 Å². The summed E-state index contributed by atoms with van der Waals surface area (Å²) >= 11 is 5.54. The van der Waals surface area contributed by atoms with E-state index in [0.29, 0.717) is 6.61 Å². The van der Waals surface area contributed by atoms with E-state index in [-0.39, 0.29) is 37.6 Å². The van der Waals surface area contributed by atoms with Crippen molar-refractivity contribution in [1.29, 1.82) is 0 Å². The second kappa shape index (κ2) is 12.0. The number of ether oxygens (including phenoxy) is 1. The van der Waals surface area contributed by atoms with Crippen LogP contribution in [-0.2, 0) is 9.53 Å². The van der Waals surface area contributed by atoms with Gasteiger partial charge in [-0.3, -0.25) is 0 Å². The van der Waals surface area contributed by atoms with Crippen LogP contribution in [0.3, 0.4) is 0 Å². The fourth-order valence-corrected chi connectivity index (χ4v) is 0.750. The van der Waals surface area contributed by atoms with Crippen LogP contribution in [0.2, 0.25) is 5.02 Å². The SMILES string of the molecule is CCOCC(=O)O.Clc1ccccc1.[H-].[Na+]. The maximum Gasteiger partial charge on any atom is 1.00 e. The Labute approximate surface area is 118 Å². The summed E-state index contributed by atoms with van der Waals surface area (Å²) in [4.78, 5) is 9.63. The van der Waals surface area contributed by atoms with E-state index < -0.39 is 5.97 Å². The van der Waals surface area contributed by atoms with Crippen LogP contribution in [0.4, 0.5) is 0 Å². The molecule has 15 heavy (non-hydrogen) atoms. The molecule has 0 radical (unpaired) electrons. The molecule has 0 aliphatic heterocycles. The fraction of sp³-hybridized carbons (Fsp3) is 0.300. The first kappa shape index (κ1) is 17.3. The van der Waals surface area contributed by atoms with Gasteiger partial charge in [0, 0.05) is 11.6 Å². The van der Waals surface area contributed by atoms with Crippen LogP contribution >= 0.6 is 11.6 Å². The quantitative estimate of drug-likeness (QED) is 0.729. The number of benzene rings is 1. The first-order chi connectivity index (χ1) is 6.66. The normalized spacial score (nSPS) is 8.13. The summed E-state index contributed by atoms with van der Waals surface area (Å²) in [5.41, 5.74) is 0. The van der Waals surface area contributed by atoms with Gasteiger partial charge in [-0.2, -0.15) is 0 Å². The zero-order valence-corrected chi connectivity index (χ0v) is 11.7. The summed E-state index contributed by atoms with van der Waals surface area (Å²) in [5.74, 6) is -0.915. The molecular formula is C10H14ClNaO3. The number of halogens is 1. The molecular weight excluding hydrogens is 227 g/mol. The van der Waals surface area contributed by atoms with E-state index in [1.165, 1.54) is 0 Å². The zero-order valence-electron chi connectivity index (χ0n) is 9.94. The predicted octanol–water partition coefficient (Wildman–Crippen LogP) is -0.436. The Morgan fingerprint density at radius 2 is 2.00 bits per heavy atom. The Hall–Kier alpha value is -0.0600. The Morgan fingerprint density at radius 3 is 2.20 bits per heavy atom. The molecule has 1 aromatic rings. The third-order valence-electron chi connectivity index (χ3n) is 1.16. The molecule has 0 amide bonds. The maximum atomic E-state index is 9.63. The maximum absolute atomic E-state index is 9.63. The van der Waals surface area contributed by atoms with Crippen molar-refractivity contribution >= 4 is 17.6 Å². The minimum Gasteiger partial charge on any atom is -1.00 e. The monoisotopic (exact) mass is 240 g/mol. The Balaban J connectivity index is -0.000000188. The molecule has 0 heterocycles. The minimum atomic E-state index is -0.915. The molecule has 0 bridgehead atoms. The second-order valence-corrected chi connectivity index (χ2v) is 2.76. The van der Waals surface area contributed by atoms with Crippen LogP contribution in [0.25, 0.3) is 0 Å². The summed E-state index contributed by atoms with van der Waals surface area (Å²) in [7, 11) is 0. The number of carboxylic acids is 1. The van der Waals surface area contributed by atoms with Crippen LogP contribution in [0.15, 0.2) is 30.3 Å². The van der Waals surface area contributed by atoms with E-state index in [1.807, 2.05) is 30.3 Å². The Kier molecular flexibility index (Phi) is 13.9. The van der Waals surface area contributed by atoms with Crippen molar-refractivity contribution in [2.45, 2.75) is 6.92 Å². The van der Waals surface area contributed by atoms with Gasteiger partial charge >= 0.3 is 35.5 Å². The molecule has 0 saturated carbocycles. The molecule has 0 fully saturated rings. The van der Waals surface area contributed by atoms with Gasteiger partial charge in [0.25, 0.3) is 0 Å². The van der Waals surface area contributed by atoms with Gasteiger partial charge in [0.1, 0.15) is 6.61 Å². The van der Waals surface area contributed by atoms with Gasteiger partial charge in [-0.1, -0.05) is 29.8 Å². The van der Waals surface area contributed by atoms with E-state index in [0.717, 1.165) is 5.02 Å². The average molecular weight is 241 g/mol. The predicted molar refractivity (Wildman–Crippen MR) is 56.7 cm³/mol. The smallest absolute Gasteiger partial charge is 1.00 e. The Morgan fingerprint density at radius 1 is 1.47 bits per heavy atom. The molecule has 80 valence electrons. The third kappa shape index (κ3) is 13.9. The minimum absolute atomic E-state index is 0. The van der Waals surface area contributed by atoms with Gasteiger partial charge in [0.05, 0.1) is 0 Å². The van der Waals surface area contributed by atoms with Crippen molar-refractivity contribution in [1.82, 2.24) is 0 Å². The van der Waals surface area contributed by atoms with Crippen LogP contribution < -0.4 is 29.6 Å². The van der Waals surface area contributed by atoms with E-state index in [9.17, 15) is 4.79 Å². The molecule has 1 rings (SSSR count). The van der Waals surface area contributed by atoms with Gasteiger partial charge in [-0.15, -0.1) is 0 Å². The molecule has 0 unspecified atom stereocenters. The molecule has 3 nitrogen and oxygen atoms in total.